The molecule has 13 heavy (non-hydrogen) atoms. The van der Waals surface area contributed by atoms with Crippen molar-refractivity contribution in [1.82, 2.24) is 4.90 Å². The first-order valence-electron chi connectivity index (χ1n) is 5.12. The molecule has 0 spiro atoms. The van der Waals surface area contributed by atoms with Gasteiger partial charge in [0.15, 0.2) is 0 Å². The highest BCUT2D eigenvalue weighted by Gasteiger charge is 2.07. The normalized spacial score (nSPS) is 13.6. The molecule has 0 amide bonds. The highest BCUT2D eigenvalue weighted by atomic mass is 15.1. The molecule has 0 radical (unpaired) electrons. The minimum Gasteiger partial charge on any atom is -0.329 e. The van der Waals surface area contributed by atoms with Crippen molar-refractivity contribution in [3.8, 4) is 0 Å². The Morgan fingerprint density at radius 2 is 1.69 bits per heavy atom. The van der Waals surface area contributed by atoms with Crippen molar-refractivity contribution < 1.29 is 0 Å². The van der Waals surface area contributed by atoms with Gasteiger partial charge in [0.05, 0.1) is 0 Å². The van der Waals surface area contributed by atoms with E-state index in [-0.39, 0.29) is 6.04 Å². The summed E-state index contributed by atoms with van der Waals surface area (Å²) < 4.78 is 0. The molecule has 0 unspecified atom stereocenters. The molecule has 4 heteroatoms. The van der Waals surface area contributed by atoms with Crippen molar-refractivity contribution >= 4 is 0 Å². The second-order valence-corrected chi connectivity index (χ2v) is 3.43. The Labute approximate surface area is 81.4 Å². The summed E-state index contributed by atoms with van der Waals surface area (Å²) in [6.45, 7) is 6.22. The van der Waals surface area contributed by atoms with Crippen LogP contribution in [0.2, 0.25) is 0 Å². The molecule has 6 N–H and O–H groups in total. The third-order valence-electron chi connectivity index (χ3n) is 2.04. The smallest absolute Gasteiger partial charge is 0.0167 e. The van der Waals surface area contributed by atoms with E-state index in [2.05, 4.69) is 11.8 Å². The third kappa shape index (κ3) is 6.95. The molecule has 0 aromatic rings. The Morgan fingerprint density at radius 3 is 2.08 bits per heavy atom. The molecule has 0 aromatic heterocycles. The maximum absolute atomic E-state index is 5.92. The largest absolute Gasteiger partial charge is 0.329 e. The lowest BCUT2D eigenvalue weighted by Crippen LogP contribution is -2.42. The van der Waals surface area contributed by atoms with E-state index in [1.807, 2.05) is 0 Å². The van der Waals surface area contributed by atoms with E-state index in [0.717, 1.165) is 32.5 Å². The molecule has 4 nitrogen and oxygen atoms in total. The van der Waals surface area contributed by atoms with Gasteiger partial charge in [0.1, 0.15) is 0 Å². The monoisotopic (exact) mass is 188 g/mol. The Kier molecular flexibility index (Phi) is 8.33. The molecule has 0 rings (SSSR count). The lowest BCUT2D eigenvalue weighted by atomic mass is 10.1. The Balaban J connectivity index is 3.64. The molecule has 0 aromatic carbocycles. The van der Waals surface area contributed by atoms with E-state index in [0.29, 0.717) is 13.1 Å². The Bertz CT molecular complexity index is 102. The van der Waals surface area contributed by atoms with Crippen LogP contribution in [0.15, 0.2) is 0 Å². The standard InChI is InChI=1S/C9H24N4/c1-2-3-9(12)8-13(6-4-10)7-5-11/h9H,2-8,10-12H2,1H3/t9-/m0/s1. The number of rotatable bonds is 8. The van der Waals surface area contributed by atoms with E-state index in [9.17, 15) is 0 Å². The fraction of sp³-hybridized carbons (Fsp3) is 1.00. The Morgan fingerprint density at radius 1 is 1.15 bits per heavy atom. The highest BCUT2D eigenvalue weighted by Crippen LogP contribution is 1.96. The van der Waals surface area contributed by atoms with E-state index < -0.39 is 0 Å². The van der Waals surface area contributed by atoms with E-state index >= 15 is 0 Å². The van der Waals surface area contributed by atoms with E-state index in [1.54, 1.807) is 0 Å². The lowest BCUT2D eigenvalue weighted by Gasteiger charge is -2.24. The van der Waals surface area contributed by atoms with Gasteiger partial charge in [0, 0.05) is 38.8 Å². The summed E-state index contributed by atoms with van der Waals surface area (Å²) in [4.78, 5) is 2.24. The zero-order valence-electron chi connectivity index (χ0n) is 8.71. The van der Waals surface area contributed by atoms with Gasteiger partial charge in [-0.1, -0.05) is 13.3 Å². The summed E-state index contributed by atoms with van der Waals surface area (Å²) >= 11 is 0. The van der Waals surface area contributed by atoms with E-state index in [4.69, 9.17) is 17.2 Å². The van der Waals surface area contributed by atoms with Gasteiger partial charge in [0.25, 0.3) is 0 Å². The fourth-order valence-electron chi connectivity index (χ4n) is 1.45. The van der Waals surface area contributed by atoms with E-state index in [1.165, 1.54) is 0 Å². The van der Waals surface area contributed by atoms with Crippen molar-refractivity contribution in [2.45, 2.75) is 25.8 Å². The molecule has 1 atom stereocenters. The molecular formula is C9H24N4. The number of hydrogen-bond acceptors (Lipinski definition) is 4. The van der Waals surface area contributed by atoms with Crippen LogP contribution < -0.4 is 17.2 Å². The van der Waals surface area contributed by atoms with Gasteiger partial charge in [0.2, 0.25) is 0 Å². The molecule has 0 aliphatic heterocycles. The second kappa shape index (κ2) is 8.44. The van der Waals surface area contributed by atoms with Crippen LogP contribution in [-0.2, 0) is 0 Å². The summed E-state index contributed by atoms with van der Waals surface area (Å²) in [6.07, 6.45) is 2.21. The number of hydrogen-bond donors (Lipinski definition) is 3. The molecule has 0 aliphatic carbocycles. The first-order valence-corrected chi connectivity index (χ1v) is 5.12. The first kappa shape index (κ1) is 12.8. The van der Waals surface area contributed by atoms with Gasteiger partial charge in [-0.15, -0.1) is 0 Å². The van der Waals surface area contributed by atoms with Crippen molar-refractivity contribution in [3.63, 3.8) is 0 Å². The zero-order chi connectivity index (χ0) is 10.1. The van der Waals surface area contributed by atoms with Crippen LogP contribution in [0.1, 0.15) is 19.8 Å². The van der Waals surface area contributed by atoms with Crippen LogP contribution in [0.25, 0.3) is 0 Å². The third-order valence-corrected chi connectivity index (χ3v) is 2.04. The van der Waals surface area contributed by atoms with Crippen LogP contribution in [0, 0.1) is 0 Å². The molecule has 0 bridgehead atoms. The summed E-state index contributed by atoms with van der Waals surface area (Å²) in [6, 6.07) is 0.267. The molecule has 80 valence electrons. The molecule has 0 saturated heterocycles. The summed E-state index contributed by atoms with van der Waals surface area (Å²) in [5.41, 5.74) is 16.9. The van der Waals surface area contributed by atoms with Gasteiger partial charge in [-0.3, -0.25) is 4.90 Å². The van der Waals surface area contributed by atoms with Crippen molar-refractivity contribution in [1.29, 1.82) is 0 Å². The second-order valence-electron chi connectivity index (χ2n) is 3.43. The van der Waals surface area contributed by atoms with Gasteiger partial charge in [-0.05, 0) is 6.42 Å². The minimum atomic E-state index is 0.267. The molecular weight excluding hydrogens is 164 g/mol. The average Bonchev–Trinajstić information content (AvgIpc) is 2.05. The quantitative estimate of drug-likeness (QED) is 0.472. The van der Waals surface area contributed by atoms with Gasteiger partial charge in [-0.2, -0.15) is 0 Å². The summed E-state index contributed by atoms with van der Waals surface area (Å²) in [5, 5.41) is 0. The molecule has 0 fully saturated rings. The topological polar surface area (TPSA) is 81.3 Å². The molecule has 0 saturated carbocycles. The SMILES string of the molecule is CCC[C@H](N)CN(CCN)CCN. The highest BCUT2D eigenvalue weighted by molar-refractivity contribution is 4.68. The van der Waals surface area contributed by atoms with Crippen molar-refractivity contribution in [2.75, 3.05) is 32.7 Å². The number of nitrogens with two attached hydrogens (primary N) is 3. The number of nitrogens with zero attached hydrogens (tertiary/aromatic N) is 1. The summed E-state index contributed by atoms with van der Waals surface area (Å²) in [5.74, 6) is 0. The average molecular weight is 188 g/mol. The van der Waals surface area contributed by atoms with Gasteiger partial charge >= 0.3 is 0 Å². The minimum absolute atomic E-state index is 0.267. The predicted octanol–water partition coefficient (Wildman–Crippen LogP) is -0.667. The van der Waals surface area contributed by atoms with Crippen LogP contribution in [0.5, 0.6) is 0 Å². The van der Waals surface area contributed by atoms with Gasteiger partial charge in [-0.25, -0.2) is 0 Å². The zero-order valence-corrected chi connectivity index (χ0v) is 8.71. The lowest BCUT2D eigenvalue weighted by molar-refractivity contribution is 0.265. The van der Waals surface area contributed by atoms with Crippen LogP contribution in [-0.4, -0.2) is 43.7 Å². The predicted molar refractivity (Wildman–Crippen MR) is 57.4 cm³/mol. The summed E-state index contributed by atoms with van der Waals surface area (Å²) in [7, 11) is 0. The molecule has 0 heterocycles. The van der Waals surface area contributed by atoms with Gasteiger partial charge < -0.3 is 17.2 Å². The fourth-order valence-corrected chi connectivity index (χ4v) is 1.45. The van der Waals surface area contributed by atoms with Crippen LogP contribution >= 0.6 is 0 Å². The van der Waals surface area contributed by atoms with Crippen molar-refractivity contribution in [3.05, 3.63) is 0 Å². The maximum atomic E-state index is 5.92. The molecule has 0 aliphatic rings. The van der Waals surface area contributed by atoms with Crippen molar-refractivity contribution in [2.24, 2.45) is 17.2 Å². The van der Waals surface area contributed by atoms with Crippen LogP contribution in [0.4, 0.5) is 0 Å². The maximum Gasteiger partial charge on any atom is 0.0167 e. The first-order chi connectivity index (χ1) is 6.24. The Hall–Kier alpha value is -0.160. The van der Waals surface area contributed by atoms with Crippen LogP contribution in [0.3, 0.4) is 0 Å².